The SMILES string of the molecule is Cc1cc(-c2c(C)cc(F)cc2C)cc([C@H](CC(=O)O)NC(=O)[C@H](CC(C)C)n2cc(CCN3CCC4(CC4)C3)c(C(F)(F)F)cc2=O)c1F. The Kier molecular flexibility index (Phi) is 10.6. The highest BCUT2D eigenvalue weighted by molar-refractivity contribution is 5.82. The Labute approximate surface area is 288 Å². The fourth-order valence-corrected chi connectivity index (χ4v) is 7.42. The third-order valence-corrected chi connectivity index (χ3v) is 10.1. The third kappa shape index (κ3) is 8.28. The van der Waals surface area contributed by atoms with Crippen molar-refractivity contribution in [2.75, 3.05) is 19.6 Å². The molecule has 2 aromatic carbocycles. The van der Waals surface area contributed by atoms with Gasteiger partial charge in [-0.3, -0.25) is 14.4 Å². The minimum absolute atomic E-state index is 0.0162. The number of carboxylic acid groups (broad SMARTS) is 1. The van der Waals surface area contributed by atoms with E-state index in [1.807, 2.05) is 0 Å². The van der Waals surface area contributed by atoms with Crippen molar-refractivity contribution in [1.29, 1.82) is 0 Å². The van der Waals surface area contributed by atoms with Gasteiger partial charge in [-0.15, -0.1) is 0 Å². The Bertz CT molecular complexity index is 1820. The maximum absolute atomic E-state index is 15.8. The molecule has 5 rings (SSSR count). The number of nitrogens with one attached hydrogen (secondary N) is 1. The molecular weight excluding hydrogens is 657 g/mol. The molecule has 1 aliphatic heterocycles. The molecule has 0 bridgehead atoms. The quantitative estimate of drug-likeness (QED) is 0.189. The van der Waals surface area contributed by atoms with Crippen LogP contribution in [-0.2, 0) is 22.2 Å². The molecular formula is C38H44F5N3O4. The number of nitrogens with zero attached hydrogens (tertiary/aromatic N) is 2. The summed E-state index contributed by atoms with van der Waals surface area (Å²) in [6.07, 6.45) is -1.08. The second-order valence-electron chi connectivity index (χ2n) is 14.6. The monoisotopic (exact) mass is 701 g/mol. The van der Waals surface area contributed by atoms with Crippen LogP contribution in [0.15, 0.2) is 41.3 Å². The molecule has 1 aromatic heterocycles. The number of hydrogen-bond donors (Lipinski definition) is 2. The van der Waals surface area contributed by atoms with Gasteiger partial charge in [-0.25, -0.2) is 8.78 Å². The number of aryl methyl sites for hydroxylation is 3. The lowest BCUT2D eigenvalue weighted by Crippen LogP contribution is -2.41. The summed E-state index contributed by atoms with van der Waals surface area (Å²) in [6.45, 7) is 10.4. The average molecular weight is 702 g/mol. The summed E-state index contributed by atoms with van der Waals surface area (Å²) < 4.78 is 73.5. The molecule has 0 unspecified atom stereocenters. The van der Waals surface area contributed by atoms with Crippen molar-refractivity contribution in [2.24, 2.45) is 11.3 Å². The van der Waals surface area contributed by atoms with E-state index in [1.54, 1.807) is 33.8 Å². The standard InChI is InChI=1S/C38H44F5N3O4/c1-21(2)12-31(46-19-25(29(17-32(46)47)38(41,42)43)6-10-45-11-9-37(20-45)7-8-37)36(50)44-30(18-33(48)49)28-16-26(13-24(5)35(28)40)34-22(3)14-27(39)15-23(34)4/h13-17,19,21,30-31H,6-12,18,20H2,1-5H3,(H,44,50)(H,48,49)/t30-,31-/m0/s1. The zero-order valence-corrected chi connectivity index (χ0v) is 29.0. The molecule has 1 saturated heterocycles. The van der Waals surface area contributed by atoms with Crippen LogP contribution in [0.4, 0.5) is 22.0 Å². The molecule has 3 aromatic rings. The Balaban J connectivity index is 1.51. The first-order chi connectivity index (χ1) is 23.4. The third-order valence-electron chi connectivity index (χ3n) is 10.1. The summed E-state index contributed by atoms with van der Waals surface area (Å²) in [6, 6.07) is 3.46. The first-order valence-corrected chi connectivity index (χ1v) is 17.0. The van der Waals surface area contributed by atoms with E-state index in [9.17, 15) is 37.1 Å². The van der Waals surface area contributed by atoms with Crippen LogP contribution in [0.5, 0.6) is 0 Å². The number of halogens is 5. The summed E-state index contributed by atoms with van der Waals surface area (Å²) in [5.74, 6) is -3.56. The normalized spacial score (nSPS) is 16.9. The average Bonchev–Trinajstić information content (AvgIpc) is 3.64. The van der Waals surface area contributed by atoms with Crippen LogP contribution in [0.25, 0.3) is 11.1 Å². The lowest BCUT2D eigenvalue weighted by atomic mass is 9.90. The Morgan fingerprint density at radius 1 is 0.980 bits per heavy atom. The van der Waals surface area contributed by atoms with Crippen LogP contribution < -0.4 is 10.9 Å². The number of benzene rings is 2. The minimum Gasteiger partial charge on any atom is -0.481 e. The minimum atomic E-state index is -4.79. The lowest BCUT2D eigenvalue weighted by molar-refractivity contribution is -0.139. The second kappa shape index (κ2) is 14.3. The Morgan fingerprint density at radius 3 is 2.20 bits per heavy atom. The Hall–Kier alpha value is -4.06. The molecule has 1 saturated carbocycles. The summed E-state index contributed by atoms with van der Waals surface area (Å²) in [7, 11) is 0. The number of amides is 1. The number of aromatic nitrogens is 1. The van der Waals surface area contributed by atoms with Gasteiger partial charge < -0.3 is 19.9 Å². The molecule has 50 heavy (non-hydrogen) atoms. The number of likely N-dealkylation sites (tertiary alicyclic amines) is 1. The zero-order valence-electron chi connectivity index (χ0n) is 29.0. The van der Waals surface area contributed by atoms with Crippen molar-refractivity contribution in [1.82, 2.24) is 14.8 Å². The smallest absolute Gasteiger partial charge is 0.416 e. The van der Waals surface area contributed by atoms with Crippen LogP contribution in [0, 0.1) is 43.7 Å². The fourth-order valence-electron chi connectivity index (χ4n) is 7.42. The molecule has 0 radical (unpaired) electrons. The van der Waals surface area contributed by atoms with Gasteiger partial charge in [0.2, 0.25) is 5.91 Å². The number of carboxylic acids is 1. The maximum Gasteiger partial charge on any atom is 0.416 e. The van der Waals surface area contributed by atoms with Crippen LogP contribution in [0.1, 0.15) is 91.4 Å². The van der Waals surface area contributed by atoms with Crippen LogP contribution >= 0.6 is 0 Å². The number of carbonyl (C=O) groups excluding carboxylic acids is 1. The molecule has 2 heterocycles. The van der Waals surface area contributed by atoms with Gasteiger partial charge in [-0.2, -0.15) is 13.2 Å². The molecule has 1 spiro atoms. The second-order valence-corrected chi connectivity index (χ2v) is 14.6. The van der Waals surface area contributed by atoms with Crippen molar-refractivity contribution < 1.29 is 36.6 Å². The van der Waals surface area contributed by atoms with Gasteiger partial charge in [0.25, 0.3) is 5.56 Å². The number of rotatable bonds is 12. The van der Waals surface area contributed by atoms with Crippen LogP contribution in [-0.4, -0.2) is 46.1 Å². The highest BCUT2D eigenvalue weighted by atomic mass is 19.4. The van der Waals surface area contributed by atoms with Gasteiger partial charge in [0.05, 0.1) is 18.0 Å². The molecule has 12 heteroatoms. The number of alkyl halides is 3. The highest BCUT2D eigenvalue weighted by Crippen LogP contribution is 2.52. The van der Waals surface area contributed by atoms with E-state index in [0.717, 1.165) is 43.1 Å². The van der Waals surface area contributed by atoms with Gasteiger partial charge in [0.15, 0.2) is 0 Å². The lowest BCUT2D eigenvalue weighted by Gasteiger charge is -2.27. The molecule has 1 amide bonds. The molecule has 2 N–H and O–H groups in total. The van der Waals surface area contributed by atoms with Gasteiger partial charge in [0.1, 0.15) is 17.7 Å². The summed E-state index contributed by atoms with van der Waals surface area (Å²) >= 11 is 0. The first kappa shape index (κ1) is 37.2. The maximum atomic E-state index is 15.8. The van der Waals surface area contributed by atoms with E-state index in [-0.39, 0.29) is 40.9 Å². The number of pyridine rings is 1. The highest BCUT2D eigenvalue weighted by Gasteiger charge is 2.47. The van der Waals surface area contributed by atoms with Crippen molar-refractivity contribution in [3.8, 4) is 11.1 Å². The number of carbonyl (C=O) groups is 2. The molecule has 2 atom stereocenters. The van der Waals surface area contributed by atoms with Crippen molar-refractivity contribution in [2.45, 2.75) is 91.4 Å². The summed E-state index contributed by atoms with van der Waals surface area (Å²) in [5, 5.41) is 12.4. The van der Waals surface area contributed by atoms with E-state index in [4.69, 9.17) is 0 Å². The predicted octanol–water partition coefficient (Wildman–Crippen LogP) is 7.69. The summed E-state index contributed by atoms with van der Waals surface area (Å²) in [5.41, 5.74) is 0.400. The predicted molar refractivity (Wildman–Crippen MR) is 180 cm³/mol. The van der Waals surface area contributed by atoms with Gasteiger partial charge >= 0.3 is 12.1 Å². The molecule has 7 nitrogen and oxygen atoms in total. The van der Waals surface area contributed by atoms with E-state index in [0.29, 0.717) is 34.9 Å². The first-order valence-electron chi connectivity index (χ1n) is 17.0. The molecule has 2 aliphatic rings. The zero-order chi connectivity index (χ0) is 36.7. The van der Waals surface area contributed by atoms with E-state index in [2.05, 4.69) is 10.2 Å². The molecule has 270 valence electrons. The van der Waals surface area contributed by atoms with Crippen LogP contribution in [0.2, 0.25) is 0 Å². The topological polar surface area (TPSA) is 91.6 Å². The van der Waals surface area contributed by atoms with E-state index >= 15 is 4.39 Å². The van der Waals surface area contributed by atoms with Crippen molar-refractivity contribution in [3.63, 3.8) is 0 Å². The fraction of sp³-hybridized carbons (Fsp3) is 0.500. The van der Waals surface area contributed by atoms with E-state index in [1.165, 1.54) is 25.1 Å². The van der Waals surface area contributed by atoms with Crippen LogP contribution in [0.3, 0.4) is 0 Å². The van der Waals surface area contributed by atoms with Gasteiger partial charge in [-0.05, 0) is 128 Å². The number of hydrogen-bond acceptors (Lipinski definition) is 4. The Morgan fingerprint density at radius 2 is 1.64 bits per heavy atom. The van der Waals surface area contributed by atoms with E-state index < -0.39 is 59.3 Å². The number of aliphatic carboxylic acids is 1. The van der Waals surface area contributed by atoms with Gasteiger partial charge in [-0.1, -0.05) is 13.8 Å². The largest absolute Gasteiger partial charge is 0.481 e. The van der Waals surface area contributed by atoms with Crippen molar-refractivity contribution in [3.05, 3.63) is 91.9 Å². The van der Waals surface area contributed by atoms with Gasteiger partial charge in [0, 0.05) is 30.9 Å². The molecule has 1 aliphatic carbocycles. The molecule has 2 fully saturated rings. The summed E-state index contributed by atoms with van der Waals surface area (Å²) in [4.78, 5) is 41.6. The van der Waals surface area contributed by atoms with Crippen molar-refractivity contribution >= 4 is 11.9 Å².